The first-order valence-electron chi connectivity index (χ1n) is 19.2. The minimum atomic E-state index is -1.42. The highest BCUT2D eigenvalue weighted by molar-refractivity contribution is 5.91. The number of carbonyl (C=O) groups excluding carboxylic acids is 2. The Hall–Kier alpha value is -5.60. The molecule has 2 unspecified atom stereocenters. The Morgan fingerprint density at radius 2 is 1.64 bits per heavy atom. The van der Waals surface area contributed by atoms with Crippen molar-refractivity contribution >= 4 is 34.8 Å². The van der Waals surface area contributed by atoms with Crippen LogP contribution in [0.25, 0.3) is 10.9 Å². The first-order valence-corrected chi connectivity index (χ1v) is 19.2. The summed E-state index contributed by atoms with van der Waals surface area (Å²) in [5.74, 6) is 1.70. The minimum Gasteiger partial charge on any atom is -0.508 e. The maximum atomic E-state index is 14.5. The monoisotopic (exact) mass is 753 g/mol. The standard InChI is InChI=1S/C40H51N9O6/c1-21-9-27(50)10-22(2)29(21)15-32(45-35(51)31(47-39(53)54)7-8-43-38(41)42)36(52)46-33(14-26-20-44-30-6-4-3-5-28(26)30)37-48-34(49-55-37)19-40-16-23-11-24(17-40)13-25(12-23)18-40/h3-6,9-10,20,23-25,31-33,44,47,50H,7-8,11-19H2,1-2H3,(H,45,51)(H,46,52)(H,53,54)(H4,41,42,43)/t23?,24?,25?,31?,32?,33-,40?/m0/s1. The lowest BCUT2D eigenvalue weighted by Crippen LogP contribution is -2.55. The predicted molar refractivity (Wildman–Crippen MR) is 204 cm³/mol. The number of hydrogen-bond donors (Lipinski definition) is 9. The molecular weight excluding hydrogens is 702 g/mol. The summed E-state index contributed by atoms with van der Waals surface area (Å²) in [5, 5.41) is 43.3. The number of hydrogen-bond acceptors (Lipinski definition) is 8. The molecule has 3 amide bonds. The summed E-state index contributed by atoms with van der Waals surface area (Å²) >= 11 is 0. The van der Waals surface area contributed by atoms with Crippen molar-refractivity contribution < 1.29 is 29.1 Å². The van der Waals surface area contributed by atoms with Crippen molar-refractivity contribution in [2.75, 3.05) is 6.54 Å². The van der Waals surface area contributed by atoms with Crippen LogP contribution >= 0.6 is 0 Å². The van der Waals surface area contributed by atoms with Gasteiger partial charge in [-0.15, -0.1) is 0 Å². The molecule has 0 radical (unpaired) electrons. The second kappa shape index (κ2) is 15.6. The Balaban J connectivity index is 1.17. The Morgan fingerprint density at radius 1 is 0.982 bits per heavy atom. The zero-order chi connectivity index (χ0) is 38.9. The number of benzene rings is 2. The van der Waals surface area contributed by atoms with Crippen LogP contribution in [0.3, 0.4) is 0 Å². The number of nitrogens with zero attached hydrogens (tertiary/aromatic N) is 2. The molecular formula is C40H51N9O6. The fourth-order valence-corrected chi connectivity index (χ4v) is 10.1. The highest BCUT2D eigenvalue weighted by atomic mass is 16.5. The summed E-state index contributed by atoms with van der Waals surface area (Å²) in [7, 11) is 0. The molecule has 4 saturated carbocycles. The number of aryl methyl sites for hydroxylation is 2. The van der Waals surface area contributed by atoms with E-state index < -0.39 is 36.0 Å². The van der Waals surface area contributed by atoms with Gasteiger partial charge in [0.05, 0.1) is 0 Å². The van der Waals surface area contributed by atoms with Gasteiger partial charge in [-0.05, 0) is 122 Å². The molecule has 4 bridgehead atoms. The number of aromatic nitrogens is 3. The number of aromatic hydroxyl groups is 1. The Labute approximate surface area is 319 Å². The summed E-state index contributed by atoms with van der Waals surface area (Å²) in [6, 6.07) is 7.85. The molecule has 15 nitrogen and oxygen atoms in total. The molecule has 2 aromatic carbocycles. The number of guanidine groups is 1. The number of H-pyrrole nitrogens is 1. The molecule has 2 aromatic heterocycles. The second-order valence-corrected chi connectivity index (χ2v) is 16.2. The van der Waals surface area contributed by atoms with E-state index in [1.54, 1.807) is 12.1 Å². The maximum absolute atomic E-state index is 14.5. The average Bonchev–Trinajstić information content (AvgIpc) is 3.74. The average molecular weight is 754 g/mol. The van der Waals surface area contributed by atoms with Gasteiger partial charge in [-0.25, -0.2) is 4.79 Å². The van der Waals surface area contributed by atoms with Crippen molar-refractivity contribution in [3.63, 3.8) is 0 Å². The van der Waals surface area contributed by atoms with E-state index in [4.69, 9.17) is 20.7 Å². The van der Waals surface area contributed by atoms with Gasteiger partial charge in [-0.1, -0.05) is 23.4 Å². The van der Waals surface area contributed by atoms with E-state index >= 15 is 0 Å². The van der Waals surface area contributed by atoms with Crippen molar-refractivity contribution in [2.45, 2.75) is 96.2 Å². The number of fused-ring (bicyclic) bond motifs is 1. The van der Waals surface area contributed by atoms with Crippen LogP contribution in [0.15, 0.2) is 47.1 Å². The summed E-state index contributed by atoms with van der Waals surface area (Å²) in [4.78, 5) is 48.2. The predicted octanol–water partition coefficient (Wildman–Crippen LogP) is 4.27. The number of phenols is 1. The van der Waals surface area contributed by atoms with E-state index in [2.05, 4.69) is 31.4 Å². The summed E-state index contributed by atoms with van der Waals surface area (Å²) in [6.45, 7) is 3.66. The van der Waals surface area contributed by atoms with Crippen LogP contribution in [-0.2, 0) is 28.9 Å². The third-order valence-corrected chi connectivity index (χ3v) is 12.0. The number of nitrogens with two attached hydrogens (primary N) is 1. The zero-order valence-corrected chi connectivity index (χ0v) is 31.3. The van der Waals surface area contributed by atoms with Crippen LogP contribution in [0, 0.1) is 42.4 Å². The molecule has 4 fully saturated rings. The van der Waals surface area contributed by atoms with E-state index in [0.29, 0.717) is 12.2 Å². The molecule has 15 heteroatoms. The van der Waals surface area contributed by atoms with Gasteiger partial charge in [0.25, 0.3) is 0 Å². The number of carbonyl (C=O) groups is 3. The third kappa shape index (κ3) is 8.71. The van der Waals surface area contributed by atoms with Crippen molar-refractivity contribution in [2.24, 2.45) is 28.9 Å². The first kappa shape index (κ1) is 37.7. The Kier molecular flexibility index (Phi) is 10.7. The SMILES string of the molecule is Cc1cc(O)cc(C)c1CC(NC(=O)C(CCNC(=N)N)NC(=O)O)C(=O)N[C@@H](Cc1c[nH]c2ccccc12)c1nc(CC23CC4CC(CC(C4)C2)C3)no1. The second-order valence-electron chi connectivity index (χ2n) is 16.2. The molecule has 4 aromatic rings. The van der Waals surface area contributed by atoms with Crippen LogP contribution in [0.1, 0.15) is 85.0 Å². The van der Waals surface area contributed by atoms with Gasteiger partial charge < -0.3 is 46.7 Å². The van der Waals surface area contributed by atoms with E-state index in [0.717, 1.165) is 57.3 Å². The molecule has 0 spiro atoms. The molecule has 4 aliphatic carbocycles. The maximum Gasteiger partial charge on any atom is 0.405 e. The molecule has 4 aliphatic rings. The topological polar surface area (TPSA) is 244 Å². The van der Waals surface area contributed by atoms with E-state index in [1.807, 2.05) is 44.3 Å². The Morgan fingerprint density at radius 3 is 2.29 bits per heavy atom. The number of carboxylic acid groups (broad SMARTS) is 1. The van der Waals surface area contributed by atoms with Crippen molar-refractivity contribution in [1.82, 2.24) is 36.4 Å². The smallest absolute Gasteiger partial charge is 0.405 e. The molecule has 2 heterocycles. The Bertz CT molecular complexity index is 2020. The van der Waals surface area contributed by atoms with E-state index in [1.165, 1.54) is 38.5 Å². The highest BCUT2D eigenvalue weighted by Gasteiger charge is 2.51. The third-order valence-electron chi connectivity index (χ3n) is 12.0. The van der Waals surface area contributed by atoms with Gasteiger partial charge in [0.1, 0.15) is 23.9 Å². The van der Waals surface area contributed by atoms with Gasteiger partial charge in [-0.3, -0.25) is 15.0 Å². The number of nitrogens with one attached hydrogen (secondary N) is 6. The quantitative estimate of drug-likeness (QED) is 0.0617. The molecule has 55 heavy (non-hydrogen) atoms. The number of rotatable bonds is 15. The van der Waals surface area contributed by atoms with Gasteiger partial charge in [-0.2, -0.15) is 4.98 Å². The number of phenolic OH excluding ortho intramolecular Hbond substituents is 1. The summed E-state index contributed by atoms with van der Waals surface area (Å²) in [6.07, 6.45) is 9.10. The van der Waals surface area contributed by atoms with Crippen LogP contribution in [-0.4, -0.2) is 67.8 Å². The van der Waals surface area contributed by atoms with Gasteiger partial charge in [0.2, 0.25) is 17.7 Å². The number of amides is 3. The lowest BCUT2D eigenvalue weighted by Gasteiger charge is -2.56. The summed E-state index contributed by atoms with van der Waals surface area (Å²) < 4.78 is 5.97. The summed E-state index contributed by atoms with van der Waals surface area (Å²) in [5.41, 5.74) is 9.62. The van der Waals surface area contributed by atoms with Crippen LogP contribution in [0.2, 0.25) is 0 Å². The fraction of sp³-hybridized carbons (Fsp3) is 0.500. The minimum absolute atomic E-state index is 0.0379. The molecule has 0 saturated heterocycles. The molecule has 8 rings (SSSR count). The fourth-order valence-electron chi connectivity index (χ4n) is 10.1. The lowest BCUT2D eigenvalue weighted by atomic mass is 9.49. The van der Waals surface area contributed by atoms with Crippen molar-refractivity contribution in [3.05, 3.63) is 76.6 Å². The zero-order valence-electron chi connectivity index (χ0n) is 31.3. The number of para-hydroxylation sites is 1. The van der Waals surface area contributed by atoms with Crippen molar-refractivity contribution in [1.29, 1.82) is 5.41 Å². The van der Waals surface area contributed by atoms with E-state index in [9.17, 15) is 24.6 Å². The highest BCUT2D eigenvalue weighted by Crippen LogP contribution is 2.60. The molecule has 292 valence electrons. The van der Waals surface area contributed by atoms with Crippen LogP contribution in [0.4, 0.5) is 4.79 Å². The molecule has 0 aliphatic heterocycles. The van der Waals surface area contributed by atoms with Gasteiger partial charge >= 0.3 is 6.09 Å². The van der Waals surface area contributed by atoms with Crippen LogP contribution < -0.4 is 27.0 Å². The van der Waals surface area contributed by atoms with Crippen LogP contribution in [0.5, 0.6) is 5.75 Å². The normalized spacial score (nSPS) is 22.8. The largest absolute Gasteiger partial charge is 0.508 e. The molecule has 3 atom stereocenters. The van der Waals surface area contributed by atoms with Gasteiger partial charge in [0.15, 0.2) is 11.8 Å². The first-order chi connectivity index (χ1) is 26.3. The van der Waals surface area contributed by atoms with E-state index in [-0.39, 0.29) is 42.4 Å². The van der Waals surface area contributed by atoms with Crippen molar-refractivity contribution in [3.8, 4) is 5.75 Å². The number of aromatic amines is 1. The lowest BCUT2D eigenvalue weighted by molar-refractivity contribution is -0.130. The van der Waals surface area contributed by atoms with Gasteiger partial charge in [0, 0.05) is 42.9 Å². The molecule has 10 N–H and O–H groups in total.